The third kappa shape index (κ3) is 2.42. The number of nitrogens with two attached hydrogens (primary N) is 1. The van der Waals surface area contributed by atoms with Crippen LogP contribution in [-0.2, 0) is 0 Å². The summed E-state index contributed by atoms with van der Waals surface area (Å²) in [6.45, 7) is 0. The second-order valence-corrected chi connectivity index (χ2v) is 3.48. The Morgan fingerprint density at radius 3 is 2.67 bits per heavy atom. The molecular weight excluding hydrogens is 212 g/mol. The molecule has 0 saturated carbocycles. The number of benzene rings is 1. The average Bonchev–Trinajstić information content (AvgIpc) is 2.26. The summed E-state index contributed by atoms with van der Waals surface area (Å²) >= 11 is 3.87. The molecule has 5 heteroatoms. The van der Waals surface area contributed by atoms with Crippen molar-refractivity contribution in [1.82, 2.24) is 0 Å². The molecule has 2 atom stereocenters. The molecule has 80 valence electrons. The van der Waals surface area contributed by atoms with Crippen LogP contribution >= 0.6 is 12.6 Å². The van der Waals surface area contributed by atoms with E-state index in [1.54, 1.807) is 18.2 Å². The van der Waals surface area contributed by atoms with Crippen molar-refractivity contribution in [3.8, 4) is 6.07 Å². The molecule has 15 heavy (non-hydrogen) atoms. The number of nitriles is 1. The maximum absolute atomic E-state index is 9.72. The van der Waals surface area contributed by atoms with E-state index in [-0.39, 0.29) is 11.3 Å². The molecule has 1 aromatic carbocycles. The zero-order valence-electron chi connectivity index (χ0n) is 7.96. The number of nitrogen functional groups attached to an aromatic ring is 1. The van der Waals surface area contributed by atoms with Gasteiger partial charge in [-0.05, 0) is 6.07 Å². The van der Waals surface area contributed by atoms with E-state index >= 15 is 0 Å². The molecule has 0 saturated heterocycles. The van der Waals surface area contributed by atoms with E-state index in [0.29, 0.717) is 11.3 Å². The summed E-state index contributed by atoms with van der Waals surface area (Å²) in [5.74, 6) is 0.112. The van der Waals surface area contributed by atoms with Crippen molar-refractivity contribution >= 4 is 18.3 Å². The van der Waals surface area contributed by atoms with Crippen LogP contribution in [-0.4, -0.2) is 22.1 Å². The molecule has 0 heterocycles. The van der Waals surface area contributed by atoms with E-state index in [1.807, 2.05) is 6.07 Å². The highest BCUT2D eigenvalue weighted by Gasteiger charge is 2.20. The van der Waals surface area contributed by atoms with Crippen LogP contribution < -0.4 is 5.73 Å². The van der Waals surface area contributed by atoms with Crippen molar-refractivity contribution in [3.05, 3.63) is 29.3 Å². The van der Waals surface area contributed by atoms with Crippen molar-refractivity contribution in [2.24, 2.45) is 0 Å². The maximum Gasteiger partial charge on any atom is 0.107 e. The highest BCUT2D eigenvalue weighted by Crippen LogP contribution is 2.25. The Morgan fingerprint density at radius 1 is 1.47 bits per heavy atom. The fraction of sp³-hybridized carbons (Fsp3) is 0.300. The number of hydrogen-bond acceptors (Lipinski definition) is 5. The quantitative estimate of drug-likeness (QED) is 0.443. The summed E-state index contributed by atoms with van der Waals surface area (Å²) in [5.41, 5.74) is 6.40. The van der Waals surface area contributed by atoms with Gasteiger partial charge in [0.1, 0.15) is 12.2 Å². The fourth-order valence-electron chi connectivity index (χ4n) is 1.27. The summed E-state index contributed by atoms with van der Waals surface area (Å²) in [7, 11) is 0. The van der Waals surface area contributed by atoms with Crippen LogP contribution in [0.5, 0.6) is 0 Å². The second-order valence-electron chi connectivity index (χ2n) is 3.12. The molecule has 0 aliphatic heterocycles. The summed E-state index contributed by atoms with van der Waals surface area (Å²) in [6, 6.07) is 6.66. The molecule has 0 aromatic heterocycles. The number of thiol groups is 1. The van der Waals surface area contributed by atoms with Gasteiger partial charge in [0.15, 0.2) is 0 Å². The topological polar surface area (TPSA) is 90.3 Å². The largest absolute Gasteiger partial charge is 0.398 e. The zero-order chi connectivity index (χ0) is 11.4. The van der Waals surface area contributed by atoms with Gasteiger partial charge in [0.2, 0.25) is 0 Å². The first-order chi connectivity index (χ1) is 7.11. The first-order valence-corrected chi connectivity index (χ1v) is 5.00. The van der Waals surface area contributed by atoms with E-state index in [9.17, 15) is 10.2 Å². The molecule has 0 spiro atoms. The fourth-order valence-corrected chi connectivity index (χ4v) is 1.47. The molecule has 1 aromatic rings. The van der Waals surface area contributed by atoms with E-state index in [4.69, 9.17) is 11.0 Å². The maximum atomic E-state index is 9.72. The number of nitrogens with zero attached hydrogens (tertiary/aromatic N) is 1. The van der Waals surface area contributed by atoms with Gasteiger partial charge in [0.05, 0.1) is 11.7 Å². The lowest BCUT2D eigenvalue weighted by Crippen LogP contribution is -2.21. The normalized spacial score (nSPS) is 14.3. The molecule has 0 bridgehead atoms. The van der Waals surface area contributed by atoms with Gasteiger partial charge < -0.3 is 15.9 Å². The first kappa shape index (κ1) is 11.9. The van der Waals surface area contributed by atoms with Crippen molar-refractivity contribution < 1.29 is 10.2 Å². The molecule has 0 amide bonds. The molecule has 4 N–H and O–H groups in total. The first-order valence-electron chi connectivity index (χ1n) is 4.37. The van der Waals surface area contributed by atoms with Crippen LogP contribution in [0.25, 0.3) is 0 Å². The van der Waals surface area contributed by atoms with Crippen LogP contribution in [0.3, 0.4) is 0 Å². The lowest BCUT2D eigenvalue weighted by Gasteiger charge is -2.17. The van der Waals surface area contributed by atoms with Gasteiger partial charge in [0.25, 0.3) is 0 Å². The third-order valence-corrected chi connectivity index (χ3v) is 2.49. The van der Waals surface area contributed by atoms with Gasteiger partial charge >= 0.3 is 0 Å². The number of hydrogen-bond donors (Lipinski definition) is 4. The molecule has 0 radical (unpaired) electrons. The third-order valence-electron chi connectivity index (χ3n) is 2.11. The summed E-state index contributed by atoms with van der Waals surface area (Å²) < 4.78 is 0. The van der Waals surface area contributed by atoms with Gasteiger partial charge in [-0.25, -0.2) is 0 Å². The van der Waals surface area contributed by atoms with E-state index < -0.39 is 12.2 Å². The molecular formula is C10H12N2O2S. The van der Waals surface area contributed by atoms with Gasteiger partial charge in [-0.1, -0.05) is 12.1 Å². The Hall–Kier alpha value is -1.22. The van der Waals surface area contributed by atoms with Crippen LogP contribution in [0.4, 0.5) is 5.69 Å². The van der Waals surface area contributed by atoms with Crippen molar-refractivity contribution in [3.63, 3.8) is 0 Å². The predicted molar refractivity (Wildman–Crippen MR) is 60.4 cm³/mol. The van der Waals surface area contributed by atoms with Crippen LogP contribution in [0.15, 0.2) is 18.2 Å². The lowest BCUT2D eigenvalue weighted by atomic mass is 9.98. The van der Waals surface area contributed by atoms with Crippen molar-refractivity contribution in [2.75, 3.05) is 11.5 Å². The monoisotopic (exact) mass is 224 g/mol. The van der Waals surface area contributed by atoms with Crippen LogP contribution in [0.2, 0.25) is 0 Å². The SMILES string of the molecule is N#Cc1c(N)cccc1C(O)C(O)CS. The molecule has 0 fully saturated rings. The van der Waals surface area contributed by atoms with Gasteiger partial charge in [-0.3, -0.25) is 0 Å². The van der Waals surface area contributed by atoms with Crippen molar-refractivity contribution in [2.45, 2.75) is 12.2 Å². The number of rotatable bonds is 3. The van der Waals surface area contributed by atoms with Crippen LogP contribution in [0, 0.1) is 11.3 Å². The summed E-state index contributed by atoms with van der Waals surface area (Å²) in [5, 5.41) is 28.0. The molecule has 0 aliphatic rings. The predicted octanol–water partition coefficient (Wildman–Crippen LogP) is 0.465. The van der Waals surface area contributed by atoms with Crippen molar-refractivity contribution in [1.29, 1.82) is 5.26 Å². The minimum Gasteiger partial charge on any atom is -0.398 e. The van der Waals surface area contributed by atoms with Gasteiger partial charge in [0, 0.05) is 17.0 Å². The highest BCUT2D eigenvalue weighted by molar-refractivity contribution is 7.80. The van der Waals surface area contributed by atoms with Gasteiger partial charge in [-0.2, -0.15) is 17.9 Å². The number of anilines is 1. The minimum atomic E-state index is -1.14. The minimum absolute atomic E-state index is 0.112. The standard InChI is InChI=1S/C10H12N2O2S/c11-4-7-6(2-1-3-8(7)12)10(14)9(13)5-15/h1-3,9-10,13-15H,5,12H2. The Bertz CT molecular complexity index is 389. The lowest BCUT2D eigenvalue weighted by molar-refractivity contribution is 0.0336. The summed E-state index contributed by atoms with van der Waals surface area (Å²) in [4.78, 5) is 0. The number of aliphatic hydroxyl groups excluding tert-OH is 2. The van der Waals surface area contributed by atoms with Gasteiger partial charge in [-0.15, -0.1) is 0 Å². The van der Waals surface area contributed by atoms with E-state index in [2.05, 4.69) is 12.6 Å². The summed E-state index contributed by atoms with van der Waals surface area (Å²) in [6.07, 6.45) is -2.15. The Kier molecular flexibility index (Phi) is 3.97. The molecule has 4 nitrogen and oxygen atoms in total. The zero-order valence-corrected chi connectivity index (χ0v) is 8.85. The average molecular weight is 224 g/mol. The highest BCUT2D eigenvalue weighted by atomic mass is 32.1. The Balaban J connectivity index is 3.15. The Labute approximate surface area is 93.4 Å². The van der Waals surface area contributed by atoms with E-state index in [1.165, 1.54) is 0 Å². The number of aliphatic hydroxyl groups is 2. The molecule has 0 aliphatic carbocycles. The Morgan fingerprint density at radius 2 is 2.13 bits per heavy atom. The second kappa shape index (κ2) is 5.03. The molecule has 1 rings (SSSR count). The van der Waals surface area contributed by atoms with Crippen LogP contribution in [0.1, 0.15) is 17.2 Å². The molecule has 2 unspecified atom stereocenters. The van der Waals surface area contributed by atoms with E-state index in [0.717, 1.165) is 0 Å². The smallest absolute Gasteiger partial charge is 0.107 e.